The van der Waals surface area contributed by atoms with Gasteiger partial charge in [-0.15, -0.1) is 0 Å². The number of hydrogen-bond acceptors (Lipinski definition) is 3. The fourth-order valence-electron chi connectivity index (χ4n) is 1.73. The van der Waals surface area contributed by atoms with Gasteiger partial charge in [0.25, 0.3) is 0 Å². The first kappa shape index (κ1) is 15.1. The Labute approximate surface area is 133 Å². The van der Waals surface area contributed by atoms with Crippen molar-refractivity contribution in [1.82, 2.24) is 0 Å². The van der Waals surface area contributed by atoms with Gasteiger partial charge in [0.15, 0.2) is 0 Å². The highest BCUT2D eigenvalue weighted by Crippen LogP contribution is 2.38. The molecule has 0 atom stereocenters. The number of para-hydroxylation sites is 1. The van der Waals surface area contributed by atoms with Crippen LogP contribution in [0.4, 0.5) is 0 Å². The van der Waals surface area contributed by atoms with Crippen LogP contribution in [0.5, 0.6) is 11.5 Å². The first-order valence-corrected chi connectivity index (χ1v) is 7.60. The number of rotatable bonds is 3. The molecule has 0 spiro atoms. The SMILES string of the molecule is CCc1cc(C(=O)Oc2ccccc2)c(Br)c(O)c1Br. The smallest absolute Gasteiger partial charge is 0.344 e. The highest BCUT2D eigenvalue weighted by molar-refractivity contribution is 9.11. The summed E-state index contributed by atoms with van der Waals surface area (Å²) < 4.78 is 6.19. The zero-order chi connectivity index (χ0) is 14.7. The molecule has 2 rings (SSSR count). The second-order valence-electron chi connectivity index (χ2n) is 4.12. The molecule has 104 valence electrons. The highest BCUT2D eigenvalue weighted by Gasteiger charge is 2.20. The Kier molecular flexibility index (Phi) is 4.83. The molecule has 0 bridgehead atoms. The molecule has 0 heterocycles. The fraction of sp³-hybridized carbons (Fsp3) is 0.133. The van der Waals surface area contributed by atoms with Gasteiger partial charge in [-0.3, -0.25) is 0 Å². The Bertz CT molecular complexity index is 639. The van der Waals surface area contributed by atoms with Crippen molar-refractivity contribution in [3.63, 3.8) is 0 Å². The molecule has 0 saturated heterocycles. The quantitative estimate of drug-likeness (QED) is 0.601. The summed E-state index contributed by atoms with van der Waals surface area (Å²) >= 11 is 6.54. The second-order valence-corrected chi connectivity index (χ2v) is 5.70. The summed E-state index contributed by atoms with van der Waals surface area (Å²) in [4.78, 5) is 12.2. The van der Waals surface area contributed by atoms with E-state index in [1.807, 2.05) is 13.0 Å². The summed E-state index contributed by atoms with van der Waals surface area (Å²) in [6, 6.07) is 10.5. The number of phenols is 1. The molecule has 5 heteroatoms. The average molecular weight is 400 g/mol. The number of phenolic OH excluding ortho intramolecular Hbond substituents is 1. The van der Waals surface area contributed by atoms with Gasteiger partial charge in [0.05, 0.1) is 14.5 Å². The minimum Gasteiger partial charge on any atom is -0.506 e. The number of aryl methyl sites for hydroxylation is 1. The standard InChI is InChI=1S/C15H12Br2O3/c1-2-9-8-11(13(17)14(18)12(9)16)15(19)20-10-6-4-3-5-7-10/h3-8,18H,2H2,1H3. The van der Waals surface area contributed by atoms with E-state index in [-0.39, 0.29) is 5.75 Å². The van der Waals surface area contributed by atoms with Crippen LogP contribution >= 0.6 is 31.9 Å². The summed E-state index contributed by atoms with van der Waals surface area (Å²) in [5.74, 6) is -0.0465. The molecule has 1 N–H and O–H groups in total. The fourth-order valence-corrected chi connectivity index (χ4v) is 3.07. The molecule has 0 saturated carbocycles. The number of halogens is 2. The molecule has 2 aromatic carbocycles. The molecular formula is C15H12Br2O3. The van der Waals surface area contributed by atoms with Crippen molar-refractivity contribution in [2.45, 2.75) is 13.3 Å². The van der Waals surface area contributed by atoms with E-state index in [9.17, 15) is 9.90 Å². The summed E-state index contributed by atoms with van der Waals surface area (Å²) in [6.45, 7) is 1.94. The van der Waals surface area contributed by atoms with Gasteiger partial charge in [0.2, 0.25) is 0 Å². The third kappa shape index (κ3) is 3.04. The number of carbonyl (C=O) groups excluding carboxylic acids is 1. The van der Waals surface area contributed by atoms with Crippen LogP contribution in [0.1, 0.15) is 22.8 Å². The maximum atomic E-state index is 12.2. The van der Waals surface area contributed by atoms with E-state index < -0.39 is 5.97 Å². The Morgan fingerprint density at radius 3 is 2.45 bits per heavy atom. The minimum atomic E-state index is -0.513. The van der Waals surface area contributed by atoms with E-state index in [1.54, 1.807) is 30.3 Å². The summed E-state index contributed by atoms with van der Waals surface area (Å²) in [7, 11) is 0. The molecule has 20 heavy (non-hydrogen) atoms. The van der Waals surface area contributed by atoms with Crippen LogP contribution in [0.15, 0.2) is 45.3 Å². The second kappa shape index (κ2) is 6.41. The molecule has 0 radical (unpaired) electrons. The number of aromatic hydroxyl groups is 1. The lowest BCUT2D eigenvalue weighted by molar-refractivity contribution is 0.0733. The summed E-state index contributed by atoms with van der Waals surface area (Å²) in [6.07, 6.45) is 0.688. The van der Waals surface area contributed by atoms with Crippen molar-refractivity contribution in [2.24, 2.45) is 0 Å². The van der Waals surface area contributed by atoms with Crippen LogP contribution < -0.4 is 4.74 Å². The van der Waals surface area contributed by atoms with Crippen LogP contribution in [0, 0.1) is 0 Å². The molecule has 0 unspecified atom stereocenters. The average Bonchev–Trinajstić information content (AvgIpc) is 2.46. The molecule has 2 aromatic rings. The topological polar surface area (TPSA) is 46.5 Å². The van der Waals surface area contributed by atoms with E-state index in [2.05, 4.69) is 31.9 Å². The molecule has 0 aromatic heterocycles. The van der Waals surface area contributed by atoms with Gasteiger partial charge in [0.1, 0.15) is 11.5 Å². The predicted molar refractivity (Wildman–Crippen MR) is 84.3 cm³/mol. The van der Waals surface area contributed by atoms with Crippen LogP contribution in [-0.2, 0) is 6.42 Å². The van der Waals surface area contributed by atoms with Gasteiger partial charge >= 0.3 is 5.97 Å². The Morgan fingerprint density at radius 1 is 1.20 bits per heavy atom. The normalized spacial score (nSPS) is 10.3. The van der Waals surface area contributed by atoms with Crippen molar-refractivity contribution < 1.29 is 14.6 Å². The zero-order valence-corrected chi connectivity index (χ0v) is 13.9. The van der Waals surface area contributed by atoms with E-state index in [1.165, 1.54) is 0 Å². The Morgan fingerprint density at radius 2 is 1.85 bits per heavy atom. The number of hydrogen-bond donors (Lipinski definition) is 1. The number of benzene rings is 2. The first-order valence-electron chi connectivity index (χ1n) is 6.01. The zero-order valence-electron chi connectivity index (χ0n) is 10.7. The lowest BCUT2D eigenvalue weighted by Crippen LogP contribution is -2.10. The third-order valence-corrected chi connectivity index (χ3v) is 4.49. The first-order chi connectivity index (χ1) is 9.54. The number of carbonyl (C=O) groups is 1. The molecule has 0 fully saturated rings. The molecule has 0 aliphatic carbocycles. The maximum Gasteiger partial charge on any atom is 0.344 e. The lowest BCUT2D eigenvalue weighted by Gasteiger charge is -2.11. The summed E-state index contributed by atoms with van der Waals surface area (Å²) in [5, 5.41) is 10.0. The highest BCUT2D eigenvalue weighted by atomic mass is 79.9. The lowest BCUT2D eigenvalue weighted by atomic mass is 10.1. The van der Waals surface area contributed by atoms with E-state index >= 15 is 0 Å². The Hall–Kier alpha value is -1.33. The molecule has 0 aliphatic heterocycles. The van der Waals surface area contributed by atoms with Gasteiger partial charge in [-0.1, -0.05) is 25.1 Å². The van der Waals surface area contributed by atoms with Crippen LogP contribution in [0.3, 0.4) is 0 Å². The molecule has 0 aliphatic rings. The van der Waals surface area contributed by atoms with E-state index in [0.29, 0.717) is 26.7 Å². The van der Waals surface area contributed by atoms with E-state index in [0.717, 1.165) is 5.56 Å². The van der Waals surface area contributed by atoms with Crippen molar-refractivity contribution >= 4 is 37.8 Å². The minimum absolute atomic E-state index is 0.00404. The Balaban J connectivity index is 2.37. The summed E-state index contributed by atoms with van der Waals surface area (Å²) in [5.41, 5.74) is 1.14. The molecule has 3 nitrogen and oxygen atoms in total. The van der Waals surface area contributed by atoms with Crippen molar-refractivity contribution in [1.29, 1.82) is 0 Å². The number of esters is 1. The van der Waals surface area contributed by atoms with Crippen molar-refractivity contribution in [3.05, 3.63) is 56.5 Å². The van der Waals surface area contributed by atoms with Gasteiger partial charge in [0, 0.05) is 0 Å². The predicted octanol–water partition coefficient (Wildman–Crippen LogP) is 4.70. The largest absolute Gasteiger partial charge is 0.506 e. The van der Waals surface area contributed by atoms with Crippen LogP contribution in [-0.4, -0.2) is 11.1 Å². The monoisotopic (exact) mass is 398 g/mol. The van der Waals surface area contributed by atoms with Crippen molar-refractivity contribution in [3.8, 4) is 11.5 Å². The van der Waals surface area contributed by atoms with Gasteiger partial charge in [-0.2, -0.15) is 0 Å². The maximum absolute atomic E-state index is 12.2. The van der Waals surface area contributed by atoms with Crippen LogP contribution in [0.2, 0.25) is 0 Å². The molecular weight excluding hydrogens is 388 g/mol. The third-order valence-electron chi connectivity index (χ3n) is 2.81. The molecule has 0 amide bonds. The van der Waals surface area contributed by atoms with Gasteiger partial charge in [-0.05, 0) is 62.0 Å². The number of ether oxygens (including phenoxy) is 1. The van der Waals surface area contributed by atoms with Gasteiger partial charge < -0.3 is 9.84 Å². The van der Waals surface area contributed by atoms with Gasteiger partial charge in [-0.25, -0.2) is 4.79 Å². The van der Waals surface area contributed by atoms with E-state index in [4.69, 9.17) is 4.74 Å². The van der Waals surface area contributed by atoms with Crippen molar-refractivity contribution in [2.75, 3.05) is 0 Å². The van der Waals surface area contributed by atoms with Crippen LogP contribution in [0.25, 0.3) is 0 Å².